The minimum Gasteiger partial charge on any atom is -0.351 e. The van der Waals surface area contributed by atoms with Crippen molar-refractivity contribution in [2.75, 3.05) is 26.7 Å². The summed E-state index contributed by atoms with van der Waals surface area (Å²) in [6.07, 6.45) is 3.90. The maximum absolute atomic E-state index is 12.1. The first kappa shape index (κ1) is 15.0. The van der Waals surface area contributed by atoms with Crippen molar-refractivity contribution in [1.82, 2.24) is 25.5 Å². The molecule has 1 aliphatic heterocycles. The van der Waals surface area contributed by atoms with Crippen LogP contribution in [0.3, 0.4) is 0 Å². The lowest BCUT2D eigenvalue weighted by Crippen LogP contribution is -2.45. The van der Waals surface area contributed by atoms with Gasteiger partial charge in [-0.25, -0.2) is 4.98 Å². The molecular weight excluding hydrogens is 278 g/mol. The van der Waals surface area contributed by atoms with Crippen molar-refractivity contribution in [2.24, 2.45) is 0 Å². The lowest BCUT2D eigenvalue weighted by molar-refractivity contribution is -0.122. The molecule has 0 radical (unpaired) electrons. The quantitative estimate of drug-likeness (QED) is 0.766. The molecule has 0 atom stereocenters. The molecule has 1 aromatic heterocycles. The van der Waals surface area contributed by atoms with Crippen molar-refractivity contribution in [3.05, 3.63) is 30.1 Å². The van der Waals surface area contributed by atoms with E-state index < -0.39 is 0 Å². The molecule has 1 aliphatic rings. The maximum Gasteiger partial charge on any atom is 0.234 e. The Hall–Kier alpha value is -1.92. The van der Waals surface area contributed by atoms with Gasteiger partial charge in [-0.3, -0.25) is 9.69 Å². The number of hydrogen-bond donors (Lipinski definition) is 3. The van der Waals surface area contributed by atoms with E-state index >= 15 is 0 Å². The molecule has 3 N–H and O–H groups in total. The number of nitrogens with one attached hydrogen (secondary N) is 3. The number of fused-ring (bicyclic) bond motifs is 1. The third-order valence-corrected chi connectivity index (χ3v) is 4.30. The summed E-state index contributed by atoms with van der Waals surface area (Å²) in [6.45, 7) is 3.09. The fraction of sp³-hybridized carbons (Fsp3) is 0.500. The fourth-order valence-corrected chi connectivity index (χ4v) is 2.95. The topological polar surface area (TPSA) is 73.0 Å². The Bertz CT molecular complexity index is 632. The summed E-state index contributed by atoms with van der Waals surface area (Å²) in [7, 11) is 2.03. The Balaban J connectivity index is 1.48. The minimum absolute atomic E-state index is 0.0748. The molecule has 6 nitrogen and oxygen atoms in total. The van der Waals surface area contributed by atoms with E-state index in [2.05, 4.69) is 25.5 Å². The monoisotopic (exact) mass is 301 g/mol. The third-order valence-electron chi connectivity index (χ3n) is 4.30. The molecule has 2 heterocycles. The molecule has 0 bridgehead atoms. The second kappa shape index (κ2) is 6.89. The van der Waals surface area contributed by atoms with Crippen molar-refractivity contribution in [2.45, 2.75) is 25.4 Å². The lowest BCUT2D eigenvalue weighted by atomic mass is 10.1. The van der Waals surface area contributed by atoms with Gasteiger partial charge in [0.2, 0.25) is 5.91 Å². The van der Waals surface area contributed by atoms with Gasteiger partial charge in [-0.1, -0.05) is 6.07 Å². The highest BCUT2D eigenvalue weighted by molar-refractivity contribution is 5.78. The number of nitrogens with zero attached hydrogens (tertiary/aromatic N) is 2. The SMILES string of the molecule is CN(CC(=O)NCc1ccc2nc[nH]c2c1)C1CCNCC1. The van der Waals surface area contributed by atoms with E-state index in [1.54, 1.807) is 6.33 Å². The van der Waals surface area contributed by atoms with E-state index in [1.807, 2.05) is 25.2 Å². The molecule has 118 valence electrons. The summed E-state index contributed by atoms with van der Waals surface area (Å²) in [5, 5.41) is 6.34. The Labute approximate surface area is 130 Å². The summed E-state index contributed by atoms with van der Waals surface area (Å²) in [5.74, 6) is 0.0748. The molecule has 1 saturated heterocycles. The second-order valence-corrected chi connectivity index (χ2v) is 5.93. The Morgan fingerprint density at radius 2 is 2.23 bits per heavy atom. The van der Waals surface area contributed by atoms with Crippen molar-refractivity contribution in [3.63, 3.8) is 0 Å². The van der Waals surface area contributed by atoms with Gasteiger partial charge >= 0.3 is 0 Å². The van der Waals surface area contributed by atoms with E-state index in [1.165, 1.54) is 0 Å². The highest BCUT2D eigenvalue weighted by Crippen LogP contribution is 2.12. The standard InChI is InChI=1S/C16H23N5O/c1-21(13-4-6-17-7-5-13)10-16(22)18-9-12-2-3-14-15(8-12)20-11-19-14/h2-3,8,11,13,17H,4-7,9-10H2,1H3,(H,18,22)(H,19,20). The molecule has 1 fully saturated rings. The van der Waals surface area contributed by atoms with E-state index in [9.17, 15) is 4.79 Å². The largest absolute Gasteiger partial charge is 0.351 e. The number of amides is 1. The number of piperidine rings is 1. The molecule has 0 unspecified atom stereocenters. The third kappa shape index (κ3) is 3.64. The van der Waals surface area contributed by atoms with Gasteiger partial charge in [-0.05, 0) is 50.7 Å². The van der Waals surface area contributed by atoms with Crippen LogP contribution in [-0.2, 0) is 11.3 Å². The van der Waals surface area contributed by atoms with E-state index in [0.29, 0.717) is 19.1 Å². The fourth-order valence-electron chi connectivity index (χ4n) is 2.95. The average Bonchev–Trinajstić information content (AvgIpc) is 3.01. The zero-order valence-electron chi connectivity index (χ0n) is 12.9. The molecule has 0 aliphatic carbocycles. The molecule has 0 saturated carbocycles. The zero-order chi connectivity index (χ0) is 15.4. The van der Waals surface area contributed by atoms with E-state index in [-0.39, 0.29) is 5.91 Å². The molecule has 6 heteroatoms. The summed E-state index contributed by atoms with van der Waals surface area (Å²) < 4.78 is 0. The van der Waals surface area contributed by atoms with Crippen LogP contribution in [0.4, 0.5) is 0 Å². The van der Waals surface area contributed by atoms with Crippen LogP contribution in [0, 0.1) is 0 Å². The second-order valence-electron chi connectivity index (χ2n) is 5.93. The predicted molar refractivity (Wildman–Crippen MR) is 86.5 cm³/mol. The van der Waals surface area contributed by atoms with Crippen LogP contribution in [0.15, 0.2) is 24.5 Å². The van der Waals surface area contributed by atoms with E-state index in [0.717, 1.165) is 42.5 Å². The minimum atomic E-state index is 0.0748. The lowest BCUT2D eigenvalue weighted by Gasteiger charge is -2.31. The molecule has 3 rings (SSSR count). The highest BCUT2D eigenvalue weighted by Gasteiger charge is 2.19. The number of aromatic amines is 1. The Morgan fingerprint density at radius 1 is 1.41 bits per heavy atom. The van der Waals surface area contributed by atoms with Gasteiger partial charge in [-0.15, -0.1) is 0 Å². The normalized spacial score (nSPS) is 16.3. The maximum atomic E-state index is 12.1. The summed E-state index contributed by atoms with van der Waals surface area (Å²) in [4.78, 5) is 21.5. The van der Waals surface area contributed by atoms with Gasteiger partial charge in [-0.2, -0.15) is 0 Å². The molecular formula is C16H23N5O. The van der Waals surface area contributed by atoms with Crippen molar-refractivity contribution in [3.8, 4) is 0 Å². The van der Waals surface area contributed by atoms with Crippen LogP contribution >= 0.6 is 0 Å². The smallest absolute Gasteiger partial charge is 0.234 e. The number of benzene rings is 1. The van der Waals surface area contributed by atoms with Gasteiger partial charge < -0.3 is 15.6 Å². The van der Waals surface area contributed by atoms with Crippen molar-refractivity contribution in [1.29, 1.82) is 0 Å². The molecule has 0 spiro atoms. The van der Waals surface area contributed by atoms with Crippen LogP contribution in [0.1, 0.15) is 18.4 Å². The molecule has 22 heavy (non-hydrogen) atoms. The van der Waals surface area contributed by atoms with Gasteiger partial charge in [0.15, 0.2) is 0 Å². The zero-order valence-corrected chi connectivity index (χ0v) is 12.9. The predicted octanol–water partition coefficient (Wildman–Crippen LogP) is 0.863. The number of H-pyrrole nitrogens is 1. The number of rotatable bonds is 5. The number of carbonyl (C=O) groups excluding carboxylic acids is 1. The first-order valence-corrected chi connectivity index (χ1v) is 7.82. The molecule has 1 amide bonds. The first-order valence-electron chi connectivity index (χ1n) is 7.82. The first-order chi connectivity index (χ1) is 10.7. The molecule has 1 aromatic carbocycles. The van der Waals surface area contributed by atoms with Gasteiger partial charge in [0.05, 0.1) is 23.9 Å². The number of imidazole rings is 1. The van der Waals surface area contributed by atoms with Gasteiger partial charge in [0, 0.05) is 12.6 Å². The number of likely N-dealkylation sites (N-methyl/N-ethyl adjacent to an activating group) is 1. The Morgan fingerprint density at radius 3 is 3.05 bits per heavy atom. The van der Waals surface area contributed by atoms with Crippen molar-refractivity contribution >= 4 is 16.9 Å². The van der Waals surface area contributed by atoms with Crippen LogP contribution in [-0.4, -0.2) is 53.5 Å². The highest BCUT2D eigenvalue weighted by atomic mass is 16.2. The summed E-state index contributed by atoms with van der Waals surface area (Å²) in [6, 6.07) is 6.50. The molecule has 2 aromatic rings. The summed E-state index contributed by atoms with van der Waals surface area (Å²) in [5.41, 5.74) is 3.02. The van der Waals surface area contributed by atoms with Gasteiger partial charge in [0.1, 0.15) is 0 Å². The Kier molecular flexibility index (Phi) is 4.70. The van der Waals surface area contributed by atoms with Crippen LogP contribution in [0.5, 0.6) is 0 Å². The average molecular weight is 301 g/mol. The van der Waals surface area contributed by atoms with Crippen LogP contribution in [0.25, 0.3) is 11.0 Å². The summed E-state index contributed by atoms with van der Waals surface area (Å²) >= 11 is 0. The van der Waals surface area contributed by atoms with E-state index in [4.69, 9.17) is 0 Å². The van der Waals surface area contributed by atoms with Gasteiger partial charge in [0.25, 0.3) is 0 Å². The number of hydrogen-bond acceptors (Lipinski definition) is 4. The van der Waals surface area contributed by atoms with Crippen LogP contribution < -0.4 is 10.6 Å². The number of aromatic nitrogens is 2. The van der Waals surface area contributed by atoms with Crippen molar-refractivity contribution < 1.29 is 4.79 Å². The number of carbonyl (C=O) groups is 1. The van der Waals surface area contributed by atoms with Crippen LogP contribution in [0.2, 0.25) is 0 Å².